The zero-order chi connectivity index (χ0) is 13.8. The molecule has 0 radical (unpaired) electrons. The topological polar surface area (TPSA) is 72.4 Å². The van der Waals surface area contributed by atoms with Gasteiger partial charge < -0.3 is 19.9 Å². The van der Waals surface area contributed by atoms with Gasteiger partial charge in [-0.3, -0.25) is 4.79 Å². The number of ether oxygens (including phenoxy) is 2. The summed E-state index contributed by atoms with van der Waals surface area (Å²) in [5.41, 5.74) is 1.13. The molecule has 0 amide bonds. The van der Waals surface area contributed by atoms with Crippen molar-refractivity contribution < 1.29 is 24.7 Å². The molecule has 0 bridgehead atoms. The fourth-order valence-electron chi connectivity index (χ4n) is 2.46. The molecule has 5 heteroatoms. The molecule has 2 rings (SSSR count). The van der Waals surface area contributed by atoms with Gasteiger partial charge in [0.25, 0.3) is 0 Å². The lowest BCUT2D eigenvalue weighted by Crippen LogP contribution is -2.88. The number of carbonyl (C=O) groups is 1. The Morgan fingerprint density at radius 2 is 2.11 bits per heavy atom. The molecular formula is C14H20NO4+. The second kappa shape index (κ2) is 6.04. The highest BCUT2D eigenvalue weighted by Gasteiger charge is 2.41. The molecule has 3 N–H and O–H groups in total. The van der Waals surface area contributed by atoms with Crippen LogP contribution in [0.2, 0.25) is 0 Å². The number of aliphatic hydroxyl groups excluding tert-OH is 1. The molecule has 1 aliphatic heterocycles. The number of nitrogens with two attached hydrogens (primary N) is 1. The Hall–Kier alpha value is -1.59. The third kappa shape index (κ3) is 3.45. The largest absolute Gasteiger partial charge is 0.497 e. The summed E-state index contributed by atoms with van der Waals surface area (Å²) in [6, 6.07) is 7.85. The minimum absolute atomic E-state index is 0.0623. The summed E-state index contributed by atoms with van der Waals surface area (Å²) >= 11 is 0. The van der Waals surface area contributed by atoms with Gasteiger partial charge in [-0.05, 0) is 17.7 Å². The molecule has 0 unspecified atom stereocenters. The van der Waals surface area contributed by atoms with Crippen LogP contribution in [0.5, 0.6) is 5.75 Å². The Bertz CT molecular complexity index is 432. The zero-order valence-corrected chi connectivity index (χ0v) is 11.2. The van der Waals surface area contributed by atoms with Crippen LogP contribution in [0.15, 0.2) is 24.3 Å². The van der Waals surface area contributed by atoms with E-state index >= 15 is 0 Å². The Morgan fingerprint density at radius 1 is 1.42 bits per heavy atom. The maximum atomic E-state index is 11.1. The number of aliphatic hydroxyl groups is 1. The summed E-state index contributed by atoms with van der Waals surface area (Å²) in [6.07, 6.45) is -0.273. The highest BCUT2D eigenvalue weighted by Crippen LogP contribution is 2.16. The number of methoxy groups -OCH3 is 1. The Balaban J connectivity index is 2.02. The number of hydrogen-bond acceptors (Lipinski definition) is 4. The number of esters is 1. The molecule has 0 saturated carbocycles. The van der Waals surface area contributed by atoms with Gasteiger partial charge in [0.15, 0.2) is 6.10 Å². The smallest absolute Gasteiger partial charge is 0.303 e. The van der Waals surface area contributed by atoms with Crippen molar-refractivity contribution in [2.45, 2.75) is 31.6 Å². The van der Waals surface area contributed by atoms with E-state index in [4.69, 9.17) is 9.47 Å². The maximum absolute atomic E-state index is 11.1. The van der Waals surface area contributed by atoms with Crippen LogP contribution in [-0.2, 0) is 16.0 Å². The first-order valence-corrected chi connectivity index (χ1v) is 6.41. The van der Waals surface area contributed by atoms with Crippen molar-refractivity contribution in [1.29, 1.82) is 0 Å². The van der Waals surface area contributed by atoms with Crippen molar-refractivity contribution in [2.24, 2.45) is 0 Å². The number of carbonyl (C=O) groups excluding carboxylic acids is 1. The van der Waals surface area contributed by atoms with Crippen LogP contribution >= 0.6 is 0 Å². The first-order chi connectivity index (χ1) is 9.10. The van der Waals surface area contributed by atoms with E-state index in [0.29, 0.717) is 6.54 Å². The minimum atomic E-state index is -0.591. The molecule has 1 aromatic carbocycles. The molecule has 1 aliphatic rings. The van der Waals surface area contributed by atoms with Crippen molar-refractivity contribution >= 4 is 5.97 Å². The molecule has 1 aromatic rings. The predicted octanol–water partition coefficient (Wildman–Crippen LogP) is -0.524. The molecular weight excluding hydrogens is 246 g/mol. The monoisotopic (exact) mass is 266 g/mol. The second-order valence-electron chi connectivity index (χ2n) is 4.83. The van der Waals surface area contributed by atoms with Crippen LogP contribution in [0.4, 0.5) is 0 Å². The van der Waals surface area contributed by atoms with E-state index in [0.717, 1.165) is 17.7 Å². The van der Waals surface area contributed by atoms with E-state index in [1.165, 1.54) is 6.92 Å². The normalized spacial score (nSPS) is 26.2. The first kappa shape index (κ1) is 13.8. The second-order valence-corrected chi connectivity index (χ2v) is 4.83. The molecule has 104 valence electrons. The molecule has 0 aliphatic carbocycles. The van der Waals surface area contributed by atoms with E-state index in [9.17, 15) is 9.90 Å². The van der Waals surface area contributed by atoms with Crippen molar-refractivity contribution in [2.75, 3.05) is 13.7 Å². The van der Waals surface area contributed by atoms with Crippen LogP contribution < -0.4 is 10.1 Å². The van der Waals surface area contributed by atoms with Gasteiger partial charge in [-0.1, -0.05) is 12.1 Å². The maximum Gasteiger partial charge on any atom is 0.303 e. The standard InChI is InChI=1S/C14H19NO4/c1-9(16)19-14-12(15-8-13(14)17)7-10-3-5-11(18-2)6-4-10/h3-6,12-15,17H,7-8H2,1-2H3/p+1/t12-,13-,14+/m0/s1. The van der Waals surface area contributed by atoms with Gasteiger partial charge in [-0.2, -0.15) is 0 Å². The van der Waals surface area contributed by atoms with E-state index < -0.39 is 12.2 Å². The fraction of sp³-hybridized carbons (Fsp3) is 0.500. The molecule has 1 fully saturated rings. The lowest BCUT2D eigenvalue weighted by Gasteiger charge is -2.18. The van der Waals surface area contributed by atoms with E-state index in [2.05, 4.69) is 0 Å². The fourth-order valence-corrected chi connectivity index (χ4v) is 2.46. The quantitative estimate of drug-likeness (QED) is 0.719. The Labute approximate surface area is 112 Å². The average molecular weight is 266 g/mol. The van der Waals surface area contributed by atoms with E-state index in [-0.39, 0.29) is 12.0 Å². The van der Waals surface area contributed by atoms with E-state index in [1.54, 1.807) is 7.11 Å². The molecule has 3 atom stereocenters. The van der Waals surface area contributed by atoms with Gasteiger partial charge >= 0.3 is 5.97 Å². The summed E-state index contributed by atoms with van der Waals surface area (Å²) in [5, 5.41) is 11.9. The molecule has 1 heterocycles. The molecule has 0 aromatic heterocycles. The summed E-state index contributed by atoms with van der Waals surface area (Å²) in [6.45, 7) is 1.94. The molecule has 0 spiro atoms. The Morgan fingerprint density at radius 3 is 2.68 bits per heavy atom. The van der Waals surface area contributed by atoms with Crippen molar-refractivity contribution in [1.82, 2.24) is 0 Å². The van der Waals surface area contributed by atoms with E-state index in [1.807, 2.05) is 29.6 Å². The number of hydrogen-bond donors (Lipinski definition) is 2. The highest BCUT2D eigenvalue weighted by molar-refractivity contribution is 5.66. The Kier molecular flexibility index (Phi) is 4.39. The molecule has 5 nitrogen and oxygen atoms in total. The van der Waals surface area contributed by atoms with Gasteiger partial charge in [-0.15, -0.1) is 0 Å². The summed E-state index contributed by atoms with van der Waals surface area (Å²) in [5.74, 6) is 0.467. The van der Waals surface area contributed by atoms with Crippen LogP contribution in [0.1, 0.15) is 12.5 Å². The summed E-state index contributed by atoms with van der Waals surface area (Å²) in [7, 11) is 1.63. The summed E-state index contributed by atoms with van der Waals surface area (Å²) in [4.78, 5) is 11.1. The van der Waals surface area contributed by atoms with Crippen LogP contribution in [0, 0.1) is 0 Å². The van der Waals surface area contributed by atoms with Gasteiger partial charge in [0.05, 0.1) is 7.11 Å². The van der Waals surface area contributed by atoms with Crippen molar-refractivity contribution in [3.8, 4) is 5.75 Å². The lowest BCUT2D eigenvalue weighted by molar-refractivity contribution is -0.674. The van der Waals surface area contributed by atoms with Crippen LogP contribution in [-0.4, -0.2) is 43.0 Å². The highest BCUT2D eigenvalue weighted by atomic mass is 16.6. The minimum Gasteiger partial charge on any atom is -0.497 e. The zero-order valence-electron chi connectivity index (χ0n) is 11.2. The summed E-state index contributed by atoms with van der Waals surface area (Å²) < 4.78 is 10.3. The predicted molar refractivity (Wildman–Crippen MR) is 68.8 cm³/mol. The number of rotatable bonds is 4. The van der Waals surface area contributed by atoms with Gasteiger partial charge in [0.1, 0.15) is 24.4 Å². The van der Waals surface area contributed by atoms with Gasteiger partial charge in [0, 0.05) is 13.3 Å². The van der Waals surface area contributed by atoms with Crippen molar-refractivity contribution in [3.05, 3.63) is 29.8 Å². The SMILES string of the molecule is COc1ccc(C[C@@H]2[NH2+]C[C@H](O)[C@@H]2OC(C)=O)cc1. The van der Waals surface area contributed by atoms with Gasteiger partial charge in [-0.25, -0.2) is 0 Å². The number of benzene rings is 1. The third-order valence-electron chi connectivity index (χ3n) is 3.41. The third-order valence-corrected chi connectivity index (χ3v) is 3.41. The molecule has 1 saturated heterocycles. The average Bonchev–Trinajstić information content (AvgIpc) is 2.72. The van der Waals surface area contributed by atoms with Crippen LogP contribution in [0.3, 0.4) is 0 Å². The van der Waals surface area contributed by atoms with Crippen LogP contribution in [0.25, 0.3) is 0 Å². The van der Waals surface area contributed by atoms with Crippen molar-refractivity contribution in [3.63, 3.8) is 0 Å². The first-order valence-electron chi connectivity index (χ1n) is 6.41. The lowest BCUT2D eigenvalue weighted by atomic mass is 10.0. The number of quaternary nitrogens is 1. The van der Waals surface area contributed by atoms with Gasteiger partial charge in [0.2, 0.25) is 0 Å². The molecule has 19 heavy (non-hydrogen) atoms.